The van der Waals surface area contributed by atoms with Gasteiger partial charge in [0.15, 0.2) is 0 Å². The molecule has 0 radical (unpaired) electrons. The van der Waals surface area contributed by atoms with Gasteiger partial charge in [0.2, 0.25) is 5.91 Å². The van der Waals surface area contributed by atoms with Crippen molar-refractivity contribution in [3.05, 3.63) is 28.7 Å². The number of thioether (sulfide) groups is 1. The Morgan fingerprint density at radius 3 is 2.50 bits per heavy atom. The number of benzene rings is 1. The fourth-order valence-electron chi connectivity index (χ4n) is 1.25. The Hall–Kier alpha value is -1.01. The molecular weight excluding hydrogens is 318 g/mol. The molecule has 1 rings (SSSR count). The average molecular weight is 332 g/mol. The first kappa shape index (κ1) is 15.0. The molecule has 0 bridgehead atoms. The van der Waals surface area contributed by atoms with E-state index < -0.39 is 12.0 Å². The van der Waals surface area contributed by atoms with Crippen LogP contribution in [-0.2, 0) is 9.59 Å². The van der Waals surface area contributed by atoms with Gasteiger partial charge < -0.3 is 10.4 Å². The Morgan fingerprint density at radius 2 is 2.00 bits per heavy atom. The second-order valence-corrected chi connectivity index (χ2v) is 5.57. The second kappa shape index (κ2) is 7.43. The van der Waals surface area contributed by atoms with Crippen molar-refractivity contribution in [2.24, 2.45) is 0 Å². The van der Waals surface area contributed by atoms with Crippen molar-refractivity contribution in [3.63, 3.8) is 0 Å². The molecule has 0 aliphatic heterocycles. The van der Waals surface area contributed by atoms with Gasteiger partial charge in [0.25, 0.3) is 0 Å². The molecule has 0 heterocycles. The summed E-state index contributed by atoms with van der Waals surface area (Å²) >= 11 is 4.71. The summed E-state index contributed by atoms with van der Waals surface area (Å²) in [7, 11) is 0. The Labute approximate surface area is 118 Å². The third-order valence-corrected chi connectivity index (χ3v) is 3.77. The predicted octanol–water partition coefficient (Wildman–Crippen LogP) is 2.52. The SMILES string of the molecule is CCC(NC(=O)CSc1ccc(Br)cc1)C(=O)O. The number of hydrogen-bond donors (Lipinski definition) is 2. The zero-order valence-corrected chi connectivity index (χ0v) is 12.3. The minimum absolute atomic E-state index is 0.214. The highest BCUT2D eigenvalue weighted by molar-refractivity contribution is 9.10. The quantitative estimate of drug-likeness (QED) is 0.786. The van der Waals surface area contributed by atoms with Gasteiger partial charge in [-0.1, -0.05) is 22.9 Å². The van der Waals surface area contributed by atoms with Crippen molar-refractivity contribution in [3.8, 4) is 0 Å². The molecule has 4 nitrogen and oxygen atoms in total. The summed E-state index contributed by atoms with van der Waals surface area (Å²) in [5, 5.41) is 11.3. The lowest BCUT2D eigenvalue weighted by Crippen LogP contribution is -2.41. The van der Waals surface area contributed by atoms with Gasteiger partial charge in [0.05, 0.1) is 5.75 Å². The molecule has 1 amide bonds. The molecule has 0 aliphatic carbocycles. The van der Waals surface area contributed by atoms with Gasteiger partial charge in [-0.3, -0.25) is 4.79 Å². The summed E-state index contributed by atoms with van der Waals surface area (Å²) in [4.78, 5) is 23.3. The summed E-state index contributed by atoms with van der Waals surface area (Å²) in [5.41, 5.74) is 0. The van der Waals surface area contributed by atoms with E-state index in [1.165, 1.54) is 11.8 Å². The van der Waals surface area contributed by atoms with Crippen LogP contribution in [0.15, 0.2) is 33.6 Å². The Bertz CT molecular complexity index is 422. The lowest BCUT2D eigenvalue weighted by molar-refractivity contribution is -0.141. The summed E-state index contributed by atoms with van der Waals surface area (Å²) < 4.78 is 0.980. The Morgan fingerprint density at radius 1 is 1.39 bits per heavy atom. The van der Waals surface area contributed by atoms with Crippen LogP contribution in [0.1, 0.15) is 13.3 Å². The molecule has 98 valence electrons. The molecule has 1 unspecified atom stereocenters. The highest BCUT2D eigenvalue weighted by Gasteiger charge is 2.17. The largest absolute Gasteiger partial charge is 0.480 e. The summed E-state index contributed by atoms with van der Waals surface area (Å²) in [6.07, 6.45) is 0.379. The maximum Gasteiger partial charge on any atom is 0.326 e. The van der Waals surface area contributed by atoms with E-state index in [-0.39, 0.29) is 11.7 Å². The molecule has 0 spiro atoms. The molecular formula is C12H14BrNO3S. The summed E-state index contributed by atoms with van der Waals surface area (Å²) in [5.74, 6) is -1.05. The lowest BCUT2D eigenvalue weighted by Gasteiger charge is -2.11. The number of carbonyl (C=O) groups is 2. The van der Waals surface area contributed by atoms with Gasteiger partial charge in [-0.25, -0.2) is 4.79 Å². The highest BCUT2D eigenvalue weighted by Crippen LogP contribution is 2.20. The Kier molecular flexibility index (Phi) is 6.21. The first-order valence-electron chi connectivity index (χ1n) is 5.43. The fraction of sp³-hybridized carbons (Fsp3) is 0.333. The minimum Gasteiger partial charge on any atom is -0.480 e. The minimum atomic E-state index is -1.00. The number of halogens is 1. The monoisotopic (exact) mass is 331 g/mol. The molecule has 1 aromatic carbocycles. The predicted molar refractivity (Wildman–Crippen MR) is 74.7 cm³/mol. The zero-order chi connectivity index (χ0) is 13.5. The van der Waals surface area contributed by atoms with Crippen LogP contribution in [0.3, 0.4) is 0 Å². The van der Waals surface area contributed by atoms with Gasteiger partial charge in [0.1, 0.15) is 6.04 Å². The molecule has 0 aliphatic rings. The molecule has 1 atom stereocenters. The van der Waals surface area contributed by atoms with E-state index in [1.54, 1.807) is 6.92 Å². The first-order chi connectivity index (χ1) is 8.52. The van der Waals surface area contributed by atoms with Crippen molar-refractivity contribution >= 4 is 39.6 Å². The van der Waals surface area contributed by atoms with Crippen molar-refractivity contribution in [1.82, 2.24) is 5.32 Å². The number of hydrogen-bond acceptors (Lipinski definition) is 3. The first-order valence-corrected chi connectivity index (χ1v) is 7.21. The van der Waals surface area contributed by atoms with E-state index in [9.17, 15) is 9.59 Å². The molecule has 0 fully saturated rings. The van der Waals surface area contributed by atoms with Crippen LogP contribution >= 0.6 is 27.7 Å². The third-order valence-electron chi connectivity index (χ3n) is 2.23. The van der Waals surface area contributed by atoms with Gasteiger partial charge in [0, 0.05) is 9.37 Å². The van der Waals surface area contributed by atoms with Crippen molar-refractivity contribution < 1.29 is 14.7 Å². The lowest BCUT2D eigenvalue weighted by atomic mass is 10.2. The van der Waals surface area contributed by atoms with E-state index in [1.807, 2.05) is 24.3 Å². The van der Waals surface area contributed by atoms with Crippen LogP contribution in [-0.4, -0.2) is 28.8 Å². The standard InChI is InChI=1S/C12H14BrNO3S/c1-2-10(12(16)17)14-11(15)7-18-9-5-3-8(13)4-6-9/h3-6,10H,2,7H2,1H3,(H,14,15)(H,16,17). The van der Waals surface area contributed by atoms with E-state index in [0.717, 1.165) is 9.37 Å². The topological polar surface area (TPSA) is 66.4 Å². The molecule has 0 aromatic heterocycles. The second-order valence-electron chi connectivity index (χ2n) is 3.61. The average Bonchev–Trinajstić information content (AvgIpc) is 2.35. The van der Waals surface area contributed by atoms with Crippen molar-refractivity contribution in [2.45, 2.75) is 24.3 Å². The van der Waals surface area contributed by atoms with E-state index in [2.05, 4.69) is 21.2 Å². The number of rotatable bonds is 6. The van der Waals surface area contributed by atoms with Gasteiger partial charge in [-0.2, -0.15) is 0 Å². The molecule has 18 heavy (non-hydrogen) atoms. The van der Waals surface area contributed by atoms with E-state index >= 15 is 0 Å². The number of amides is 1. The third kappa shape index (κ3) is 5.10. The Balaban J connectivity index is 2.41. The van der Waals surface area contributed by atoms with Crippen LogP contribution in [0.2, 0.25) is 0 Å². The molecule has 2 N–H and O–H groups in total. The van der Waals surface area contributed by atoms with Crippen molar-refractivity contribution in [1.29, 1.82) is 0 Å². The summed E-state index contributed by atoms with van der Waals surface area (Å²) in [6.45, 7) is 1.72. The van der Waals surface area contributed by atoms with Gasteiger partial charge >= 0.3 is 5.97 Å². The number of aliphatic carboxylic acids is 1. The van der Waals surface area contributed by atoms with Crippen molar-refractivity contribution in [2.75, 3.05) is 5.75 Å². The van der Waals surface area contributed by atoms with Gasteiger partial charge in [-0.15, -0.1) is 11.8 Å². The normalized spacial score (nSPS) is 11.9. The smallest absolute Gasteiger partial charge is 0.326 e. The van der Waals surface area contributed by atoms with Gasteiger partial charge in [-0.05, 0) is 30.7 Å². The van der Waals surface area contributed by atoms with E-state index in [0.29, 0.717) is 6.42 Å². The van der Waals surface area contributed by atoms with Crippen LogP contribution in [0.25, 0.3) is 0 Å². The van der Waals surface area contributed by atoms with Crippen LogP contribution < -0.4 is 5.32 Å². The molecule has 1 aromatic rings. The maximum atomic E-state index is 11.6. The molecule has 0 saturated carbocycles. The van der Waals surface area contributed by atoms with Crippen LogP contribution in [0, 0.1) is 0 Å². The van der Waals surface area contributed by atoms with E-state index in [4.69, 9.17) is 5.11 Å². The number of carboxylic acid groups (broad SMARTS) is 1. The fourth-order valence-corrected chi connectivity index (χ4v) is 2.23. The molecule has 0 saturated heterocycles. The number of carbonyl (C=O) groups excluding carboxylic acids is 1. The van der Waals surface area contributed by atoms with Crippen LogP contribution in [0.4, 0.5) is 0 Å². The summed E-state index contributed by atoms with van der Waals surface area (Å²) in [6, 6.07) is 6.79. The van der Waals surface area contributed by atoms with Crippen LogP contribution in [0.5, 0.6) is 0 Å². The maximum absolute atomic E-state index is 11.6. The highest BCUT2D eigenvalue weighted by atomic mass is 79.9. The molecule has 6 heteroatoms. The number of nitrogens with one attached hydrogen (secondary N) is 1. The number of carboxylic acids is 1. The zero-order valence-electron chi connectivity index (χ0n) is 9.85.